The Morgan fingerprint density at radius 3 is 2.38 bits per heavy atom. The number of hydrogen-bond acceptors (Lipinski definition) is 8. The Balaban J connectivity index is 1.92. The maximum absolute atomic E-state index is 13.1. The number of hydrogen-bond donors (Lipinski definition) is 2. The molecule has 1 aliphatic rings. The van der Waals surface area contributed by atoms with Crippen LogP contribution in [-0.4, -0.2) is 71.4 Å². The average molecular weight is 467 g/mol. The second-order valence-electron chi connectivity index (χ2n) is 6.91. The number of nitrogens with zero attached hydrogens (tertiary/aromatic N) is 1. The number of nitrogens with one attached hydrogen (secondary N) is 1. The third-order valence-electron chi connectivity index (χ3n) is 5.00. The molecular weight excluding hydrogens is 440 g/mol. The second-order valence-corrected chi connectivity index (χ2v) is 8.85. The molecule has 0 aliphatic carbocycles. The topological polar surface area (TPSA) is 124 Å². The Bertz CT molecular complexity index is 1080. The number of aromatic hydroxyl groups is 1. The summed E-state index contributed by atoms with van der Waals surface area (Å²) >= 11 is 0. The summed E-state index contributed by atoms with van der Waals surface area (Å²) in [5.41, 5.74) is 0.695. The van der Waals surface area contributed by atoms with Crippen LogP contribution in [0, 0.1) is 0 Å². The highest BCUT2D eigenvalue weighted by molar-refractivity contribution is 7.89. The van der Waals surface area contributed by atoms with Gasteiger partial charge in [-0.2, -0.15) is 4.31 Å². The Morgan fingerprint density at radius 2 is 1.75 bits per heavy atom. The zero-order valence-corrected chi connectivity index (χ0v) is 18.9. The maximum Gasteiger partial charge on any atom is 0.255 e. The lowest BCUT2D eigenvalue weighted by Crippen LogP contribution is -2.40. The van der Waals surface area contributed by atoms with Crippen LogP contribution in [0.4, 0.5) is 0 Å². The molecule has 1 amide bonds. The molecule has 0 unspecified atom stereocenters. The Kier molecular flexibility index (Phi) is 7.44. The van der Waals surface area contributed by atoms with Crippen LogP contribution in [0.2, 0.25) is 0 Å². The molecule has 0 atom stereocenters. The summed E-state index contributed by atoms with van der Waals surface area (Å²) in [5.74, 6) is -0.0525. The van der Waals surface area contributed by atoms with Gasteiger partial charge in [-0.25, -0.2) is 8.42 Å². The van der Waals surface area contributed by atoms with Crippen molar-refractivity contribution < 1.29 is 37.3 Å². The van der Waals surface area contributed by atoms with Crippen LogP contribution in [0.15, 0.2) is 35.2 Å². The fourth-order valence-electron chi connectivity index (χ4n) is 3.30. The molecule has 174 valence electrons. The summed E-state index contributed by atoms with van der Waals surface area (Å²) in [6, 6.07) is 7.30. The minimum absolute atomic E-state index is 0.0180. The van der Waals surface area contributed by atoms with Gasteiger partial charge in [0.2, 0.25) is 10.0 Å². The van der Waals surface area contributed by atoms with E-state index in [0.29, 0.717) is 18.8 Å². The highest BCUT2D eigenvalue weighted by atomic mass is 32.2. The van der Waals surface area contributed by atoms with E-state index in [0.717, 1.165) is 0 Å². The standard InChI is InChI=1S/C21H26N2O8S/c1-28-18-10-14(4-5-17(18)24)13-22-21(25)16-11-15(12-19(29-2)20(16)30-3)32(26,27)23-6-8-31-9-7-23/h4-5,10-12,24H,6-9,13H2,1-3H3,(H,22,25). The van der Waals surface area contributed by atoms with Gasteiger partial charge in [-0.05, 0) is 23.8 Å². The first-order chi connectivity index (χ1) is 15.3. The lowest BCUT2D eigenvalue weighted by molar-refractivity contribution is 0.0730. The van der Waals surface area contributed by atoms with E-state index in [1.54, 1.807) is 12.1 Å². The van der Waals surface area contributed by atoms with Crippen LogP contribution in [0.25, 0.3) is 0 Å². The highest BCUT2D eigenvalue weighted by Gasteiger charge is 2.30. The van der Waals surface area contributed by atoms with Crippen molar-refractivity contribution in [2.75, 3.05) is 47.6 Å². The van der Waals surface area contributed by atoms with Gasteiger partial charge >= 0.3 is 0 Å². The third-order valence-corrected chi connectivity index (χ3v) is 6.88. The number of amides is 1. The first kappa shape index (κ1) is 23.6. The third kappa shape index (κ3) is 4.90. The maximum atomic E-state index is 13.1. The molecule has 0 aromatic heterocycles. The van der Waals surface area contributed by atoms with Crippen molar-refractivity contribution in [3.63, 3.8) is 0 Å². The first-order valence-electron chi connectivity index (χ1n) is 9.79. The molecule has 2 N–H and O–H groups in total. The van der Waals surface area contributed by atoms with E-state index in [2.05, 4.69) is 5.32 Å². The van der Waals surface area contributed by atoms with E-state index in [4.69, 9.17) is 18.9 Å². The van der Waals surface area contributed by atoms with Crippen LogP contribution in [0.5, 0.6) is 23.0 Å². The number of rotatable bonds is 8. The van der Waals surface area contributed by atoms with Crippen LogP contribution >= 0.6 is 0 Å². The summed E-state index contributed by atoms with van der Waals surface area (Å²) in [5, 5.41) is 12.4. The fourth-order valence-corrected chi connectivity index (χ4v) is 4.75. The molecule has 1 fully saturated rings. The summed E-state index contributed by atoms with van der Waals surface area (Å²) < 4.78 is 48.5. The predicted molar refractivity (Wildman–Crippen MR) is 115 cm³/mol. The van der Waals surface area contributed by atoms with Gasteiger partial charge < -0.3 is 29.4 Å². The number of sulfonamides is 1. The quantitative estimate of drug-likeness (QED) is 0.598. The van der Waals surface area contributed by atoms with Crippen molar-refractivity contribution in [2.45, 2.75) is 11.4 Å². The van der Waals surface area contributed by atoms with Crippen LogP contribution in [0.3, 0.4) is 0 Å². The average Bonchev–Trinajstić information content (AvgIpc) is 2.82. The number of phenolic OH excluding ortho intramolecular Hbond substituents is 1. The Morgan fingerprint density at radius 1 is 1.06 bits per heavy atom. The molecule has 0 spiro atoms. The van der Waals surface area contributed by atoms with Crippen molar-refractivity contribution in [1.82, 2.24) is 9.62 Å². The summed E-state index contributed by atoms with van der Waals surface area (Å²) in [7, 11) is 0.302. The summed E-state index contributed by atoms with van der Waals surface area (Å²) in [4.78, 5) is 12.9. The zero-order chi connectivity index (χ0) is 23.3. The van der Waals surface area contributed by atoms with E-state index < -0.39 is 15.9 Å². The highest BCUT2D eigenvalue weighted by Crippen LogP contribution is 2.35. The number of morpholine rings is 1. The lowest BCUT2D eigenvalue weighted by atomic mass is 10.1. The predicted octanol–water partition coefficient (Wildman–Crippen LogP) is 1.37. The molecule has 0 bridgehead atoms. The van der Waals surface area contributed by atoms with Crippen molar-refractivity contribution >= 4 is 15.9 Å². The smallest absolute Gasteiger partial charge is 0.255 e. The van der Waals surface area contributed by atoms with Crippen molar-refractivity contribution in [2.24, 2.45) is 0 Å². The normalized spacial score (nSPS) is 14.6. The molecule has 1 heterocycles. The first-order valence-corrected chi connectivity index (χ1v) is 11.2. The molecule has 1 aliphatic heterocycles. The van der Waals surface area contributed by atoms with E-state index in [9.17, 15) is 18.3 Å². The molecule has 2 aromatic carbocycles. The number of benzene rings is 2. The van der Waals surface area contributed by atoms with Gasteiger partial charge in [-0.15, -0.1) is 0 Å². The van der Waals surface area contributed by atoms with Crippen LogP contribution < -0.4 is 19.5 Å². The number of carbonyl (C=O) groups excluding carboxylic acids is 1. The van der Waals surface area contributed by atoms with Crippen molar-refractivity contribution in [3.8, 4) is 23.0 Å². The van der Waals surface area contributed by atoms with Crippen LogP contribution in [-0.2, 0) is 21.3 Å². The van der Waals surface area contributed by atoms with Gasteiger partial charge in [-0.3, -0.25) is 4.79 Å². The number of phenols is 1. The van der Waals surface area contributed by atoms with E-state index in [1.807, 2.05) is 0 Å². The Labute approximate surface area is 186 Å². The molecular formula is C21H26N2O8S. The zero-order valence-electron chi connectivity index (χ0n) is 18.1. The van der Waals surface area contributed by atoms with Crippen molar-refractivity contribution in [3.05, 3.63) is 41.5 Å². The molecule has 11 heteroatoms. The largest absolute Gasteiger partial charge is 0.504 e. The molecule has 0 saturated carbocycles. The second kappa shape index (κ2) is 10.1. The summed E-state index contributed by atoms with van der Waals surface area (Å²) in [6.07, 6.45) is 0. The monoisotopic (exact) mass is 466 g/mol. The van der Waals surface area contributed by atoms with Gasteiger partial charge in [0.25, 0.3) is 5.91 Å². The van der Waals surface area contributed by atoms with E-state index in [1.165, 1.54) is 43.8 Å². The molecule has 32 heavy (non-hydrogen) atoms. The Hall–Kier alpha value is -3.02. The fraction of sp³-hybridized carbons (Fsp3) is 0.381. The van der Waals surface area contributed by atoms with Gasteiger partial charge in [0, 0.05) is 25.7 Å². The van der Waals surface area contributed by atoms with Gasteiger partial charge in [0.15, 0.2) is 23.0 Å². The number of methoxy groups -OCH3 is 3. The minimum Gasteiger partial charge on any atom is -0.504 e. The number of carbonyl (C=O) groups is 1. The van der Waals surface area contributed by atoms with Crippen LogP contribution in [0.1, 0.15) is 15.9 Å². The molecule has 2 aromatic rings. The minimum atomic E-state index is -3.86. The van der Waals surface area contributed by atoms with Gasteiger partial charge in [0.05, 0.1) is 45.0 Å². The van der Waals surface area contributed by atoms with E-state index in [-0.39, 0.29) is 53.1 Å². The number of ether oxygens (including phenoxy) is 4. The molecule has 1 saturated heterocycles. The molecule has 0 radical (unpaired) electrons. The molecule has 3 rings (SSSR count). The molecule has 10 nitrogen and oxygen atoms in total. The van der Waals surface area contributed by atoms with Gasteiger partial charge in [-0.1, -0.05) is 6.07 Å². The van der Waals surface area contributed by atoms with Gasteiger partial charge in [0.1, 0.15) is 0 Å². The summed E-state index contributed by atoms with van der Waals surface area (Å²) in [6.45, 7) is 1.16. The van der Waals surface area contributed by atoms with E-state index >= 15 is 0 Å². The van der Waals surface area contributed by atoms with Crippen molar-refractivity contribution in [1.29, 1.82) is 0 Å². The SMILES string of the molecule is COc1cc(CNC(=O)c2cc(S(=O)(=O)N3CCOCC3)cc(OC)c2OC)ccc1O. The lowest BCUT2D eigenvalue weighted by Gasteiger charge is -2.26.